The summed E-state index contributed by atoms with van der Waals surface area (Å²) in [6.07, 6.45) is 1.73. The number of imidazole rings is 1. The average molecular weight is 126 g/mol. The fourth-order valence-corrected chi connectivity index (χ4v) is 0.670. The topological polar surface area (TPSA) is 27.1 Å². The van der Waals surface area contributed by atoms with Gasteiger partial charge in [0.2, 0.25) is 5.88 Å². The molecule has 1 aromatic rings. The Hall–Kier alpha value is -0.990. The molecule has 3 heteroatoms. The number of methoxy groups -OCH3 is 1. The van der Waals surface area contributed by atoms with Crippen LogP contribution in [0.3, 0.4) is 0 Å². The van der Waals surface area contributed by atoms with Gasteiger partial charge in [-0.2, -0.15) is 0 Å². The Morgan fingerprint density at radius 3 is 2.56 bits per heavy atom. The van der Waals surface area contributed by atoms with Gasteiger partial charge in [0.15, 0.2) is 0 Å². The van der Waals surface area contributed by atoms with Crippen LogP contribution in [0.25, 0.3) is 0 Å². The van der Waals surface area contributed by atoms with Crippen LogP contribution in [-0.4, -0.2) is 16.7 Å². The SMILES string of the molecule is COc1ncn(C)c1C. The van der Waals surface area contributed by atoms with Gasteiger partial charge in [-0.25, -0.2) is 4.98 Å². The van der Waals surface area contributed by atoms with E-state index in [0.29, 0.717) is 5.88 Å². The lowest BCUT2D eigenvalue weighted by atomic mass is 10.5. The van der Waals surface area contributed by atoms with Crippen LogP contribution in [0.1, 0.15) is 5.69 Å². The summed E-state index contributed by atoms with van der Waals surface area (Å²) in [4.78, 5) is 3.97. The molecule has 9 heavy (non-hydrogen) atoms. The minimum atomic E-state index is 0.706. The first-order valence-corrected chi connectivity index (χ1v) is 2.77. The second kappa shape index (κ2) is 2.09. The molecule has 0 spiro atoms. The molecule has 0 atom stereocenters. The van der Waals surface area contributed by atoms with Crippen LogP contribution in [0, 0.1) is 6.92 Å². The van der Waals surface area contributed by atoms with Crippen molar-refractivity contribution in [2.75, 3.05) is 7.11 Å². The first-order chi connectivity index (χ1) is 4.25. The second-order valence-electron chi connectivity index (χ2n) is 1.95. The van der Waals surface area contributed by atoms with Crippen molar-refractivity contribution >= 4 is 0 Å². The molecule has 0 bridgehead atoms. The molecule has 0 aromatic carbocycles. The highest BCUT2D eigenvalue weighted by Gasteiger charge is 2.00. The molecule has 3 nitrogen and oxygen atoms in total. The summed E-state index contributed by atoms with van der Waals surface area (Å²) < 4.78 is 6.85. The van der Waals surface area contributed by atoms with Gasteiger partial charge in [0.1, 0.15) is 0 Å². The Labute approximate surface area is 54.3 Å². The number of hydrogen-bond acceptors (Lipinski definition) is 2. The molecule has 0 saturated carbocycles. The van der Waals surface area contributed by atoms with E-state index in [-0.39, 0.29) is 0 Å². The highest BCUT2D eigenvalue weighted by atomic mass is 16.5. The molecule has 1 heterocycles. The average Bonchev–Trinajstić information content (AvgIpc) is 2.15. The van der Waals surface area contributed by atoms with Crippen molar-refractivity contribution in [3.63, 3.8) is 0 Å². The molecule has 0 aliphatic carbocycles. The van der Waals surface area contributed by atoms with Gasteiger partial charge in [-0.15, -0.1) is 0 Å². The third-order valence-corrected chi connectivity index (χ3v) is 1.38. The third-order valence-electron chi connectivity index (χ3n) is 1.38. The summed E-state index contributed by atoms with van der Waals surface area (Å²) in [7, 11) is 3.56. The zero-order chi connectivity index (χ0) is 6.85. The van der Waals surface area contributed by atoms with Gasteiger partial charge in [0.05, 0.1) is 19.1 Å². The van der Waals surface area contributed by atoms with E-state index in [9.17, 15) is 0 Å². The Bertz CT molecular complexity index is 205. The lowest BCUT2D eigenvalue weighted by Crippen LogP contribution is -1.89. The normalized spacial score (nSPS) is 9.67. The fourth-order valence-electron chi connectivity index (χ4n) is 0.670. The number of ether oxygens (including phenoxy) is 1. The van der Waals surface area contributed by atoms with Crippen LogP contribution in [-0.2, 0) is 7.05 Å². The van der Waals surface area contributed by atoms with E-state index in [0.717, 1.165) is 5.69 Å². The maximum absolute atomic E-state index is 4.93. The van der Waals surface area contributed by atoms with Crippen molar-refractivity contribution in [1.82, 2.24) is 9.55 Å². The van der Waals surface area contributed by atoms with Crippen molar-refractivity contribution in [2.45, 2.75) is 6.92 Å². The summed E-state index contributed by atoms with van der Waals surface area (Å²) in [5.74, 6) is 0.706. The zero-order valence-corrected chi connectivity index (χ0v) is 5.88. The molecule has 0 aliphatic rings. The van der Waals surface area contributed by atoms with Gasteiger partial charge in [-0.1, -0.05) is 0 Å². The molecule has 0 unspecified atom stereocenters. The lowest BCUT2D eigenvalue weighted by molar-refractivity contribution is 0.396. The minimum Gasteiger partial charge on any atom is -0.480 e. The van der Waals surface area contributed by atoms with E-state index in [2.05, 4.69) is 4.98 Å². The van der Waals surface area contributed by atoms with E-state index in [1.54, 1.807) is 13.4 Å². The summed E-state index contributed by atoms with van der Waals surface area (Å²) >= 11 is 0. The van der Waals surface area contributed by atoms with Gasteiger partial charge in [0.25, 0.3) is 0 Å². The molecule has 1 rings (SSSR count). The number of aryl methyl sites for hydroxylation is 1. The van der Waals surface area contributed by atoms with E-state index < -0.39 is 0 Å². The molecule has 0 radical (unpaired) electrons. The van der Waals surface area contributed by atoms with Crippen LogP contribution < -0.4 is 4.74 Å². The highest BCUT2D eigenvalue weighted by Crippen LogP contribution is 2.11. The standard InChI is InChI=1S/C6H10N2O/c1-5-6(9-3)7-4-8(5)2/h4H,1-3H3. The van der Waals surface area contributed by atoms with E-state index in [4.69, 9.17) is 4.74 Å². The fraction of sp³-hybridized carbons (Fsp3) is 0.500. The molecule has 50 valence electrons. The van der Waals surface area contributed by atoms with Crippen molar-refractivity contribution < 1.29 is 4.74 Å². The van der Waals surface area contributed by atoms with Crippen LogP contribution in [0.15, 0.2) is 6.33 Å². The summed E-state index contributed by atoms with van der Waals surface area (Å²) in [6, 6.07) is 0. The van der Waals surface area contributed by atoms with Gasteiger partial charge < -0.3 is 9.30 Å². The summed E-state index contributed by atoms with van der Waals surface area (Å²) in [5, 5.41) is 0. The summed E-state index contributed by atoms with van der Waals surface area (Å²) in [6.45, 7) is 1.96. The van der Waals surface area contributed by atoms with Crippen LogP contribution >= 0.6 is 0 Å². The van der Waals surface area contributed by atoms with Crippen molar-refractivity contribution in [3.8, 4) is 5.88 Å². The Balaban J connectivity index is 3.04. The molecular formula is C6H10N2O. The van der Waals surface area contributed by atoms with Gasteiger partial charge in [-0.3, -0.25) is 0 Å². The van der Waals surface area contributed by atoms with E-state index in [1.807, 2.05) is 18.5 Å². The lowest BCUT2D eigenvalue weighted by Gasteiger charge is -1.95. The van der Waals surface area contributed by atoms with E-state index in [1.165, 1.54) is 0 Å². The molecule has 0 amide bonds. The second-order valence-corrected chi connectivity index (χ2v) is 1.95. The number of rotatable bonds is 1. The quantitative estimate of drug-likeness (QED) is 0.555. The molecule has 1 aromatic heterocycles. The Morgan fingerprint density at radius 2 is 2.33 bits per heavy atom. The predicted octanol–water partition coefficient (Wildman–Crippen LogP) is 0.737. The predicted molar refractivity (Wildman–Crippen MR) is 34.5 cm³/mol. The van der Waals surface area contributed by atoms with Gasteiger partial charge in [0, 0.05) is 7.05 Å². The Kier molecular flexibility index (Phi) is 1.42. The minimum absolute atomic E-state index is 0.706. The van der Waals surface area contributed by atoms with Crippen molar-refractivity contribution in [2.24, 2.45) is 7.05 Å². The molecule has 0 aliphatic heterocycles. The number of nitrogens with zero attached hydrogens (tertiary/aromatic N) is 2. The van der Waals surface area contributed by atoms with Crippen LogP contribution in [0.5, 0.6) is 5.88 Å². The Morgan fingerprint density at radius 1 is 1.67 bits per heavy atom. The van der Waals surface area contributed by atoms with Crippen LogP contribution in [0.4, 0.5) is 0 Å². The van der Waals surface area contributed by atoms with Crippen molar-refractivity contribution in [1.29, 1.82) is 0 Å². The van der Waals surface area contributed by atoms with Gasteiger partial charge >= 0.3 is 0 Å². The molecule has 0 fully saturated rings. The molecular weight excluding hydrogens is 116 g/mol. The zero-order valence-electron chi connectivity index (χ0n) is 5.88. The maximum atomic E-state index is 4.93. The largest absolute Gasteiger partial charge is 0.480 e. The first kappa shape index (κ1) is 6.13. The number of hydrogen-bond donors (Lipinski definition) is 0. The van der Waals surface area contributed by atoms with E-state index >= 15 is 0 Å². The maximum Gasteiger partial charge on any atom is 0.234 e. The highest BCUT2D eigenvalue weighted by molar-refractivity contribution is 5.16. The van der Waals surface area contributed by atoms with Crippen LogP contribution in [0.2, 0.25) is 0 Å². The molecule has 0 N–H and O–H groups in total. The number of aromatic nitrogens is 2. The molecule has 0 saturated heterocycles. The smallest absolute Gasteiger partial charge is 0.234 e. The first-order valence-electron chi connectivity index (χ1n) is 2.77. The monoisotopic (exact) mass is 126 g/mol. The van der Waals surface area contributed by atoms with Gasteiger partial charge in [-0.05, 0) is 6.92 Å². The third kappa shape index (κ3) is 0.896. The van der Waals surface area contributed by atoms with Crippen molar-refractivity contribution in [3.05, 3.63) is 12.0 Å². The summed E-state index contributed by atoms with van der Waals surface area (Å²) in [5.41, 5.74) is 1.05.